The predicted octanol–water partition coefficient (Wildman–Crippen LogP) is 2.77. The predicted molar refractivity (Wildman–Crippen MR) is 74.6 cm³/mol. The molecule has 0 saturated heterocycles. The van der Waals surface area contributed by atoms with Crippen molar-refractivity contribution in [2.45, 2.75) is 32.7 Å². The van der Waals surface area contributed by atoms with Gasteiger partial charge in [-0.05, 0) is 47.2 Å². The molecule has 0 spiro atoms. The zero-order valence-electron chi connectivity index (χ0n) is 10.8. The molecule has 0 amide bonds. The Labute approximate surface area is 116 Å². The Balaban J connectivity index is 1.98. The maximum absolute atomic E-state index is 6.24. The largest absolute Gasteiger partial charge is 0.398 e. The minimum atomic E-state index is 0.372. The number of hydrogen-bond acceptors (Lipinski definition) is 4. The third kappa shape index (κ3) is 2.18. The number of hydrogen-bond donors (Lipinski definition) is 1. The molecule has 2 N–H and O–H groups in total. The van der Waals surface area contributed by atoms with Gasteiger partial charge in [-0.25, -0.2) is 4.68 Å². The van der Waals surface area contributed by atoms with Crippen LogP contribution in [0.1, 0.15) is 26.2 Å². The van der Waals surface area contributed by atoms with E-state index in [-0.39, 0.29) is 0 Å². The van der Waals surface area contributed by atoms with Crippen molar-refractivity contribution in [2.75, 3.05) is 5.73 Å². The monoisotopic (exact) mass is 277 g/mol. The van der Waals surface area contributed by atoms with Crippen LogP contribution in [0.5, 0.6) is 0 Å². The van der Waals surface area contributed by atoms with Crippen molar-refractivity contribution in [2.24, 2.45) is 5.41 Å². The summed E-state index contributed by atoms with van der Waals surface area (Å²) in [7, 11) is 0. The number of nitrogen functional groups attached to an aromatic ring is 1. The fourth-order valence-electron chi connectivity index (χ4n) is 2.34. The van der Waals surface area contributed by atoms with Crippen molar-refractivity contribution in [3.05, 3.63) is 23.2 Å². The van der Waals surface area contributed by atoms with Crippen LogP contribution in [-0.4, -0.2) is 20.2 Å². The molecule has 6 heteroatoms. The van der Waals surface area contributed by atoms with Crippen LogP contribution >= 0.6 is 11.6 Å². The van der Waals surface area contributed by atoms with Gasteiger partial charge in [-0.15, -0.1) is 5.10 Å². The molecule has 1 saturated carbocycles. The Bertz CT molecular complexity index is 603. The third-order valence-electron chi connectivity index (χ3n) is 3.99. The first-order valence-electron chi connectivity index (χ1n) is 6.46. The second-order valence-electron chi connectivity index (χ2n) is 5.22. The SMILES string of the molecule is CCC1(Cn2nnnc2-c2cccc(N)c2Cl)CC1. The zero-order valence-corrected chi connectivity index (χ0v) is 11.6. The van der Waals surface area contributed by atoms with Gasteiger partial charge in [0.25, 0.3) is 0 Å². The molecule has 1 aromatic heterocycles. The molecule has 0 bridgehead atoms. The quantitative estimate of drug-likeness (QED) is 0.873. The van der Waals surface area contributed by atoms with Crippen LogP contribution in [0, 0.1) is 5.41 Å². The highest BCUT2D eigenvalue weighted by molar-refractivity contribution is 6.35. The first-order chi connectivity index (χ1) is 9.15. The van der Waals surface area contributed by atoms with Gasteiger partial charge in [-0.2, -0.15) is 0 Å². The van der Waals surface area contributed by atoms with Crippen molar-refractivity contribution >= 4 is 17.3 Å². The van der Waals surface area contributed by atoms with Gasteiger partial charge in [0.15, 0.2) is 5.82 Å². The summed E-state index contributed by atoms with van der Waals surface area (Å²) in [6, 6.07) is 5.53. The maximum Gasteiger partial charge on any atom is 0.183 e. The highest BCUT2D eigenvalue weighted by atomic mass is 35.5. The zero-order chi connectivity index (χ0) is 13.5. The van der Waals surface area contributed by atoms with Gasteiger partial charge < -0.3 is 5.73 Å². The summed E-state index contributed by atoms with van der Waals surface area (Å²) in [5, 5.41) is 12.5. The summed E-state index contributed by atoms with van der Waals surface area (Å²) >= 11 is 6.24. The molecule has 5 nitrogen and oxygen atoms in total. The lowest BCUT2D eigenvalue weighted by Gasteiger charge is -2.13. The summed E-state index contributed by atoms with van der Waals surface area (Å²) in [5.74, 6) is 0.692. The van der Waals surface area contributed by atoms with E-state index < -0.39 is 0 Å². The topological polar surface area (TPSA) is 69.6 Å². The third-order valence-corrected chi connectivity index (χ3v) is 4.42. The first kappa shape index (κ1) is 12.4. The molecular formula is C13H16ClN5. The summed E-state index contributed by atoms with van der Waals surface area (Å²) < 4.78 is 1.84. The molecule has 19 heavy (non-hydrogen) atoms. The van der Waals surface area contributed by atoms with Crippen LogP contribution in [0.4, 0.5) is 5.69 Å². The van der Waals surface area contributed by atoms with Crippen molar-refractivity contribution in [3.8, 4) is 11.4 Å². The molecule has 0 aliphatic heterocycles. The molecule has 1 fully saturated rings. The molecule has 1 aromatic carbocycles. The van der Waals surface area contributed by atoms with Crippen LogP contribution < -0.4 is 5.73 Å². The average molecular weight is 278 g/mol. The normalized spacial score (nSPS) is 16.5. The van der Waals surface area contributed by atoms with E-state index in [9.17, 15) is 0 Å². The van der Waals surface area contributed by atoms with E-state index in [1.165, 1.54) is 12.8 Å². The second kappa shape index (κ2) is 4.49. The number of tetrazole rings is 1. The van der Waals surface area contributed by atoms with E-state index in [0.29, 0.717) is 21.9 Å². The fraction of sp³-hybridized carbons (Fsp3) is 0.462. The fourth-order valence-corrected chi connectivity index (χ4v) is 2.56. The van der Waals surface area contributed by atoms with Gasteiger partial charge in [0.1, 0.15) is 0 Å². The minimum Gasteiger partial charge on any atom is -0.398 e. The van der Waals surface area contributed by atoms with Crippen LogP contribution in [-0.2, 0) is 6.54 Å². The molecular weight excluding hydrogens is 262 g/mol. The number of rotatable bonds is 4. The summed E-state index contributed by atoms with van der Waals surface area (Å²) in [5.41, 5.74) is 7.54. The number of nitrogens with zero attached hydrogens (tertiary/aromatic N) is 4. The van der Waals surface area contributed by atoms with Crippen LogP contribution in [0.15, 0.2) is 18.2 Å². The number of anilines is 1. The maximum atomic E-state index is 6.24. The molecule has 3 rings (SSSR count). The van der Waals surface area contributed by atoms with Crippen molar-refractivity contribution in [1.82, 2.24) is 20.2 Å². The number of benzene rings is 1. The van der Waals surface area contributed by atoms with E-state index in [2.05, 4.69) is 22.4 Å². The minimum absolute atomic E-state index is 0.372. The van der Waals surface area contributed by atoms with E-state index in [1.807, 2.05) is 16.8 Å². The molecule has 1 aliphatic carbocycles. The Morgan fingerprint density at radius 1 is 1.42 bits per heavy atom. The van der Waals surface area contributed by atoms with E-state index >= 15 is 0 Å². The molecule has 0 atom stereocenters. The smallest absolute Gasteiger partial charge is 0.183 e. The Hall–Kier alpha value is -1.62. The van der Waals surface area contributed by atoms with Crippen LogP contribution in [0.2, 0.25) is 5.02 Å². The number of nitrogens with two attached hydrogens (primary N) is 1. The van der Waals surface area contributed by atoms with Gasteiger partial charge in [0.05, 0.1) is 17.3 Å². The summed E-state index contributed by atoms with van der Waals surface area (Å²) in [6.45, 7) is 3.06. The van der Waals surface area contributed by atoms with Gasteiger partial charge in [0, 0.05) is 5.56 Å². The van der Waals surface area contributed by atoms with E-state index in [4.69, 9.17) is 17.3 Å². The average Bonchev–Trinajstić information content (AvgIpc) is 3.04. The molecule has 1 heterocycles. The van der Waals surface area contributed by atoms with Crippen molar-refractivity contribution < 1.29 is 0 Å². The number of halogens is 1. The van der Waals surface area contributed by atoms with Gasteiger partial charge in [-0.1, -0.05) is 24.6 Å². The van der Waals surface area contributed by atoms with Crippen LogP contribution in [0.25, 0.3) is 11.4 Å². The molecule has 0 unspecified atom stereocenters. The standard InChI is InChI=1S/C13H16ClN5/c1-2-13(6-7-13)8-19-12(16-17-18-19)9-4-3-5-10(15)11(9)14/h3-5H,2,6-8,15H2,1H3. The molecule has 0 radical (unpaired) electrons. The Morgan fingerprint density at radius 3 is 2.89 bits per heavy atom. The molecule has 2 aromatic rings. The summed E-state index contributed by atoms with van der Waals surface area (Å²) in [6.07, 6.45) is 3.64. The lowest BCUT2D eigenvalue weighted by Crippen LogP contribution is -2.13. The molecule has 1 aliphatic rings. The lowest BCUT2D eigenvalue weighted by atomic mass is 10.0. The Kier molecular flexibility index (Phi) is 2.93. The lowest BCUT2D eigenvalue weighted by molar-refractivity contribution is 0.382. The van der Waals surface area contributed by atoms with E-state index in [1.54, 1.807) is 6.07 Å². The Morgan fingerprint density at radius 2 is 2.21 bits per heavy atom. The van der Waals surface area contributed by atoms with Crippen molar-refractivity contribution in [1.29, 1.82) is 0 Å². The number of aromatic nitrogens is 4. The van der Waals surface area contributed by atoms with Gasteiger partial charge >= 0.3 is 0 Å². The molecule has 100 valence electrons. The van der Waals surface area contributed by atoms with E-state index in [0.717, 1.165) is 18.5 Å². The highest BCUT2D eigenvalue weighted by Crippen LogP contribution is 2.50. The van der Waals surface area contributed by atoms with Crippen molar-refractivity contribution in [3.63, 3.8) is 0 Å². The first-order valence-corrected chi connectivity index (χ1v) is 6.83. The van der Waals surface area contributed by atoms with Crippen LogP contribution in [0.3, 0.4) is 0 Å². The van der Waals surface area contributed by atoms with Gasteiger partial charge in [0.2, 0.25) is 0 Å². The second-order valence-corrected chi connectivity index (χ2v) is 5.60. The summed E-state index contributed by atoms with van der Waals surface area (Å²) in [4.78, 5) is 0. The highest BCUT2D eigenvalue weighted by Gasteiger charge is 2.41. The van der Waals surface area contributed by atoms with Gasteiger partial charge in [-0.3, -0.25) is 0 Å².